The topological polar surface area (TPSA) is 55.2 Å². The first-order valence-corrected chi connectivity index (χ1v) is 9.04. The second kappa shape index (κ2) is 6.86. The van der Waals surface area contributed by atoms with E-state index in [1.54, 1.807) is 18.4 Å². The van der Waals surface area contributed by atoms with Crippen LogP contribution in [0.1, 0.15) is 36.2 Å². The van der Waals surface area contributed by atoms with Crippen LogP contribution < -0.4 is 0 Å². The fourth-order valence-corrected chi connectivity index (χ4v) is 4.25. The Morgan fingerprint density at radius 1 is 1.12 bits per heavy atom. The van der Waals surface area contributed by atoms with Gasteiger partial charge in [0.15, 0.2) is 5.76 Å². The zero-order chi connectivity index (χ0) is 16.4. The van der Waals surface area contributed by atoms with Crippen LogP contribution in [0.15, 0.2) is 22.8 Å². The minimum atomic E-state index is 0.00697. The highest BCUT2D eigenvalue weighted by atomic mass is 16.5. The highest BCUT2D eigenvalue weighted by Crippen LogP contribution is 2.36. The Labute approximate surface area is 142 Å². The summed E-state index contributed by atoms with van der Waals surface area (Å²) in [4.78, 5) is 16.8. The number of carbonyl (C=O) groups excluding carboxylic acids is 1. The van der Waals surface area contributed by atoms with Gasteiger partial charge in [-0.1, -0.05) is 0 Å². The van der Waals surface area contributed by atoms with Gasteiger partial charge in [-0.3, -0.25) is 9.69 Å². The summed E-state index contributed by atoms with van der Waals surface area (Å²) >= 11 is 0. The van der Waals surface area contributed by atoms with Gasteiger partial charge in [-0.2, -0.15) is 0 Å². The molecule has 3 fully saturated rings. The van der Waals surface area contributed by atoms with Gasteiger partial charge in [0.2, 0.25) is 0 Å². The Morgan fingerprint density at radius 3 is 2.62 bits per heavy atom. The molecule has 1 amide bonds. The lowest BCUT2D eigenvalue weighted by Crippen LogP contribution is -2.56. The molecule has 0 saturated carbocycles. The largest absolute Gasteiger partial charge is 0.459 e. The van der Waals surface area contributed by atoms with Crippen molar-refractivity contribution in [2.45, 2.75) is 37.3 Å². The van der Waals surface area contributed by atoms with Crippen molar-refractivity contribution >= 4 is 5.91 Å². The van der Waals surface area contributed by atoms with E-state index < -0.39 is 0 Å². The van der Waals surface area contributed by atoms with Crippen molar-refractivity contribution in [3.8, 4) is 0 Å². The van der Waals surface area contributed by atoms with Crippen molar-refractivity contribution in [1.82, 2.24) is 9.80 Å². The number of hydrogen-bond acceptors (Lipinski definition) is 5. The number of nitrogens with zero attached hydrogens (tertiary/aromatic N) is 2. The van der Waals surface area contributed by atoms with Crippen LogP contribution in [0.4, 0.5) is 0 Å². The number of piperazine rings is 1. The van der Waals surface area contributed by atoms with Crippen LogP contribution in [0, 0.1) is 0 Å². The Kier molecular flexibility index (Phi) is 4.61. The van der Waals surface area contributed by atoms with Gasteiger partial charge in [-0.25, -0.2) is 0 Å². The van der Waals surface area contributed by atoms with Gasteiger partial charge in [0.1, 0.15) is 0 Å². The minimum absolute atomic E-state index is 0.00697. The van der Waals surface area contributed by atoms with Crippen LogP contribution in [0.25, 0.3) is 0 Å². The van der Waals surface area contributed by atoms with Crippen LogP contribution in [-0.4, -0.2) is 73.3 Å². The van der Waals surface area contributed by atoms with Crippen LogP contribution in [0.5, 0.6) is 0 Å². The molecular weight excluding hydrogens is 308 g/mol. The molecule has 6 heteroatoms. The lowest BCUT2D eigenvalue weighted by molar-refractivity contribution is -0.152. The van der Waals surface area contributed by atoms with Gasteiger partial charge in [0.05, 0.1) is 11.9 Å². The van der Waals surface area contributed by atoms with Gasteiger partial charge in [-0.05, 0) is 37.8 Å². The summed E-state index contributed by atoms with van der Waals surface area (Å²) in [6, 6.07) is 4.07. The molecule has 1 spiro atoms. The molecule has 0 radical (unpaired) electrons. The molecule has 0 aliphatic carbocycles. The summed E-state index contributed by atoms with van der Waals surface area (Å²) < 4.78 is 16.9. The number of furan rings is 1. The lowest BCUT2D eigenvalue weighted by atomic mass is 9.83. The zero-order valence-corrected chi connectivity index (χ0v) is 14.1. The molecule has 4 rings (SSSR count). The SMILES string of the molecule is O=C(c1ccco1)N1CCN(C2CCOC3(CCOCC3)C2)CC1. The molecular formula is C18H26N2O4. The van der Waals surface area contributed by atoms with Gasteiger partial charge in [-0.15, -0.1) is 0 Å². The predicted molar refractivity (Wildman–Crippen MR) is 87.9 cm³/mol. The number of ether oxygens (including phenoxy) is 2. The third-order valence-corrected chi connectivity index (χ3v) is 5.72. The molecule has 3 saturated heterocycles. The van der Waals surface area contributed by atoms with Crippen LogP contribution in [-0.2, 0) is 9.47 Å². The lowest BCUT2D eigenvalue weighted by Gasteiger charge is -2.48. The van der Waals surface area contributed by atoms with Crippen LogP contribution in [0.3, 0.4) is 0 Å². The number of amides is 1. The molecule has 0 bridgehead atoms. The molecule has 24 heavy (non-hydrogen) atoms. The normalized spacial score (nSPS) is 28.2. The first kappa shape index (κ1) is 16.1. The molecule has 3 aliphatic heterocycles. The first-order chi connectivity index (χ1) is 11.8. The second-order valence-electron chi connectivity index (χ2n) is 7.10. The monoisotopic (exact) mass is 334 g/mol. The summed E-state index contributed by atoms with van der Waals surface area (Å²) in [5, 5.41) is 0. The Hall–Kier alpha value is -1.37. The fourth-order valence-electron chi connectivity index (χ4n) is 4.25. The van der Waals surface area contributed by atoms with E-state index in [9.17, 15) is 4.79 Å². The summed E-state index contributed by atoms with van der Waals surface area (Å²) in [6.07, 6.45) is 5.77. The molecule has 0 aromatic carbocycles. The summed E-state index contributed by atoms with van der Waals surface area (Å²) in [5.41, 5.74) is 0.0300. The van der Waals surface area contributed by atoms with E-state index in [2.05, 4.69) is 4.90 Å². The van der Waals surface area contributed by atoms with E-state index >= 15 is 0 Å². The smallest absolute Gasteiger partial charge is 0.289 e. The minimum Gasteiger partial charge on any atom is -0.459 e. The molecule has 1 aromatic rings. The summed E-state index contributed by atoms with van der Waals surface area (Å²) in [5.74, 6) is 0.447. The molecule has 4 heterocycles. The third kappa shape index (κ3) is 3.23. The fraction of sp³-hybridized carbons (Fsp3) is 0.722. The maximum Gasteiger partial charge on any atom is 0.289 e. The number of carbonyl (C=O) groups is 1. The van der Waals surface area contributed by atoms with Crippen molar-refractivity contribution in [3.05, 3.63) is 24.2 Å². The van der Waals surface area contributed by atoms with Crippen molar-refractivity contribution in [1.29, 1.82) is 0 Å². The molecule has 1 unspecified atom stereocenters. The first-order valence-electron chi connectivity index (χ1n) is 9.04. The average Bonchev–Trinajstić information content (AvgIpc) is 3.17. The van der Waals surface area contributed by atoms with Crippen molar-refractivity contribution in [3.63, 3.8) is 0 Å². The molecule has 0 N–H and O–H groups in total. The molecule has 132 valence electrons. The van der Waals surface area contributed by atoms with E-state index in [1.165, 1.54) is 0 Å². The molecule has 3 aliphatic rings. The Bertz CT molecular complexity index is 540. The number of hydrogen-bond donors (Lipinski definition) is 0. The van der Waals surface area contributed by atoms with E-state index in [4.69, 9.17) is 13.9 Å². The number of rotatable bonds is 2. The average molecular weight is 334 g/mol. The van der Waals surface area contributed by atoms with Crippen LogP contribution >= 0.6 is 0 Å². The Balaban J connectivity index is 1.33. The third-order valence-electron chi connectivity index (χ3n) is 5.72. The summed E-state index contributed by atoms with van der Waals surface area (Å²) in [6.45, 7) is 5.89. The van der Waals surface area contributed by atoms with Gasteiger partial charge in [0, 0.05) is 52.0 Å². The van der Waals surface area contributed by atoms with E-state index in [0.717, 1.165) is 71.7 Å². The molecule has 6 nitrogen and oxygen atoms in total. The van der Waals surface area contributed by atoms with E-state index in [-0.39, 0.29) is 11.5 Å². The van der Waals surface area contributed by atoms with Crippen LogP contribution in [0.2, 0.25) is 0 Å². The highest BCUT2D eigenvalue weighted by molar-refractivity contribution is 5.91. The molecule has 1 atom stereocenters. The van der Waals surface area contributed by atoms with Crippen molar-refractivity contribution < 1.29 is 18.7 Å². The van der Waals surface area contributed by atoms with Gasteiger partial charge >= 0.3 is 0 Å². The van der Waals surface area contributed by atoms with Crippen molar-refractivity contribution in [2.24, 2.45) is 0 Å². The molecule has 1 aromatic heterocycles. The Morgan fingerprint density at radius 2 is 1.92 bits per heavy atom. The van der Waals surface area contributed by atoms with Crippen molar-refractivity contribution in [2.75, 3.05) is 46.0 Å². The highest BCUT2D eigenvalue weighted by Gasteiger charge is 2.41. The van der Waals surface area contributed by atoms with E-state index in [0.29, 0.717) is 11.8 Å². The quantitative estimate of drug-likeness (QED) is 0.825. The summed E-state index contributed by atoms with van der Waals surface area (Å²) in [7, 11) is 0. The second-order valence-corrected chi connectivity index (χ2v) is 7.10. The van der Waals surface area contributed by atoms with E-state index in [1.807, 2.05) is 4.90 Å². The maximum absolute atomic E-state index is 12.4. The van der Waals surface area contributed by atoms with Gasteiger partial charge < -0.3 is 18.8 Å². The zero-order valence-electron chi connectivity index (χ0n) is 14.1. The standard InChI is InChI=1S/C18H26N2O4/c21-17(16-2-1-10-23-16)20-8-6-19(7-9-20)15-3-11-24-18(14-15)4-12-22-13-5-18/h1-2,10,15H,3-9,11-14H2. The predicted octanol–water partition coefficient (Wildman–Crippen LogP) is 1.77. The van der Waals surface area contributed by atoms with Gasteiger partial charge in [0.25, 0.3) is 5.91 Å². The maximum atomic E-state index is 12.4.